The number of phenols is 1. The number of aromatic hydroxyl groups is 1. The van der Waals surface area contributed by atoms with Crippen molar-refractivity contribution in [3.05, 3.63) is 64.3 Å². The van der Waals surface area contributed by atoms with Crippen molar-refractivity contribution in [2.45, 2.75) is 6.61 Å². The Morgan fingerprint density at radius 3 is 2.52 bits per heavy atom. The standard InChI is InChI=1S/C20H19F2N3O3S/c1-27-11-10-23-20-25(24-12-14-2-6-16(26)7-3-14)18(13-29-20)15-4-8-17(9-5-15)28-19(21)22/h2-9,12-13,19,26H,10-11H2,1H3. The number of methoxy groups -OCH3 is 1. The third-order valence-corrected chi connectivity index (χ3v) is 4.67. The highest BCUT2D eigenvalue weighted by atomic mass is 32.1. The van der Waals surface area contributed by atoms with Gasteiger partial charge < -0.3 is 14.6 Å². The number of phenolic OH excluding ortho intramolecular Hbond substituents is 1. The van der Waals surface area contributed by atoms with Gasteiger partial charge in [0.1, 0.15) is 11.5 Å². The fraction of sp³-hybridized carbons (Fsp3) is 0.200. The number of rotatable bonds is 8. The van der Waals surface area contributed by atoms with Crippen LogP contribution in [0.1, 0.15) is 5.56 Å². The first kappa shape index (κ1) is 20.7. The van der Waals surface area contributed by atoms with Crippen molar-refractivity contribution in [1.82, 2.24) is 4.68 Å². The van der Waals surface area contributed by atoms with Gasteiger partial charge in [-0.25, -0.2) is 4.68 Å². The smallest absolute Gasteiger partial charge is 0.387 e. The molecule has 9 heteroatoms. The number of ether oxygens (including phenoxy) is 2. The molecule has 3 aromatic rings. The second-order valence-electron chi connectivity index (χ2n) is 5.83. The topological polar surface area (TPSA) is 68.3 Å². The maximum atomic E-state index is 12.4. The minimum absolute atomic E-state index is 0.0862. The molecule has 1 heterocycles. The number of halogens is 2. The Morgan fingerprint density at radius 1 is 1.14 bits per heavy atom. The highest BCUT2D eigenvalue weighted by Crippen LogP contribution is 2.24. The first-order valence-electron chi connectivity index (χ1n) is 8.65. The van der Waals surface area contributed by atoms with Crippen LogP contribution in [-0.2, 0) is 4.74 Å². The number of hydrogen-bond donors (Lipinski definition) is 1. The van der Waals surface area contributed by atoms with Crippen LogP contribution in [0, 0.1) is 0 Å². The number of alkyl halides is 2. The van der Waals surface area contributed by atoms with Gasteiger partial charge in [-0.05, 0) is 54.1 Å². The Bertz CT molecular complexity index is 1010. The summed E-state index contributed by atoms with van der Waals surface area (Å²) in [6.45, 7) is -1.91. The minimum atomic E-state index is -2.87. The fourth-order valence-corrected chi connectivity index (χ4v) is 3.31. The maximum Gasteiger partial charge on any atom is 0.387 e. The molecular formula is C20H19F2N3O3S. The van der Waals surface area contributed by atoms with Gasteiger partial charge in [0.25, 0.3) is 0 Å². The number of nitrogens with zero attached hydrogens (tertiary/aromatic N) is 3. The van der Waals surface area contributed by atoms with E-state index in [9.17, 15) is 13.9 Å². The van der Waals surface area contributed by atoms with Crippen molar-refractivity contribution in [3.63, 3.8) is 0 Å². The van der Waals surface area contributed by atoms with Gasteiger partial charge in [-0.15, -0.1) is 11.3 Å². The third-order valence-electron chi connectivity index (χ3n) is 3.82. The van der Waals surface area contributed by atoms with Crippen LogP contribution in [0.5, 0.6) is 11.5 Å². The Labute approximate surface area is 170 Å². The summed E-state index contributed by atoms with van der Waals surface area (Å²) in [6, 6.07) is 13.0. The monoisotopic (exact) mass is 419 g/mol. The lowest BCUT2D eigenvalue weighted by molar-refractivity contribution is -0.0498. The van der Waals surface area contributed by atoms with E-state index in [0.29, 0.717) is 18.0 Å². The lowest BCUT2D eigenvalue weighted by atomic mass is 10.2. The SMILES string of the molecule is COCCN=c1scc(-c2ccc(OC(F)F)cc2)n1N=Cc1ccc(O)cc1. The molecule has 0 spiro atoms. The number of aromatic nitrogens is 1. The molecule has 0 saturated heterocycles. The predicted octanol–water partition coefficient (Wildman–Crippen LogP) is 3.95. The van der Waals surface area contributed by atoms with Gasteiger partial charge in [-0.1, -0.05) is 0 Å². The summed E-state index contributed by atoms with van der Waals surface area (Å²) in [5.41, 5.74) is 2.33. The summed E-state index contributed by atoms with van der Waals surface area (Å²) in [6.07, 6.45) is 1.65. The molecule has 29 heavy (non-hydrogen) atoms. The first-order valence-corrected chi connectivity index (χ1v) is 9.53. The van der Waals surface area contributed by atoms with Gasteiger partial charge in [0.15, 0.2) is 0 Å². The zero-order chi connectivity index (χ0) is 20.6. The van der Waals surface area contributed by atoms with E-state index >= 15 is 0 Å². The Balaban J connectivity index is 1.96. The third kappa shape index (κ3) is 5.72. The average Bonchev–Trinajstić information content (AvgIpc) is 3.11. The van der Waals surface area contributed by atoms with Crippen molar-refractivity contribution < 1.29 is 23.4 Å². The molecular weight excluding hydrogens is 400 g/mol. The first-order chi connectivity index (χ1) is 14.1. The Morgan fingerprint density at radius 2 is 1.86 bits per heavy atom. The molecule has 0 amide bonds. The van der Waals surface area contributed by atoms with Crippen LogP contribution in [0.4, 0.5) is 8.78 Å². The van der Waals surface area contributed by atoms with E-state index in [0.717, 1.165) is 16.8 Å². The van der Waals surface area contributed by atoms with Gasteiger partial charge in [0, 0.05) is 18.1 Å². The molecule has 1 N–H and O–H groups in total. The molecule has 0 aliphatic heterocycles. The lowest BCUT2D eigenvalue weighted by Crippen LogP contribution is -2.13. The zero-order valence-electron chi connectivity index (χ0n) is 15.5. The average molecular weight is 419 g/mol. The molecule has 2 aromatic carbocycles. The van der Waals surface area contributed by atoms with Crippen LogP contribution < -0.4 is 9.54 Å². The van der Waals surface area contributed by atoms with Crippen LogP contribution in [0.25, 0.3) is 11.3 Å². The van der Waals surface area contributed by atoms with Gasteiger partial charge in [-0.3, -0.25) is 4.99 Å². The summed E-state index contributed by atoms with van der Waals surface area (Å²) in [5.74, 6) is 0.260. The molecule has 0 aliphatic rings. The summed E-state index contributed by atoms with van der Waals surface area (Å²) < 4.78 is 35.8. The van der Waals surface area contributed by atoms with Crippen molar-refractivity contribution in [2.75, 3.05) is 20.3 Å². The molecule has 1 aromatic heterocycles. The molecule has 3 rings (SSSR count). The number of thiazole rings is 1. The normalized spacial score (nSPS) is 12.2. The van der Waals surface area contributed by atoms with Gasteiger partial charge in [-0.2, -0.15) is 13.9 Å². The minimum Gasteiger partial charge on any atom is -0.508 e. The molecule has 0 aliphatic carbocycles. The van der Waals surface area contributed by atoms with Gasteiger partial charge in [0.2, 0.25) is 4.80 Å². The number of benzene rings is 2. The van der Waals surface area contributed by atoms with Crippen LogP contribution in [-0.4, -0.2) is 42.9 Å². The van der Waals surface area contributed by atoms with Crippen LogP contribution >= 0.6 is 11.3 Å². The van der Waals surface area contributed by atoms with Crippen LogP contribution in [0.2, 0.25) is 0 Å². The predicted molar refractivity (Wildman–Crippen MR) is 108 cm³/mol. The largest absolute Gasteiger partial charge is 0.508 e. The second kappa shape index (κ2) is 9.94. The van der Waals surface area contributed by atoms with Crippen molar-refractivity contribution in [2.24, 2.45) is 10.1 Å². The van der Waals surface area contributed by atoms with E-state index in [1.54, 1.807) is 54.4 Å². The fourth-order valence-electron chi connectivity index (χ4n) is 2.44. The molecule has 0 saturated carbocycles. The van der Waals surface area contributed by atoms with E-state index in [-0.39, 0.29) is 11.5 Å². The van der Waals surface area contributed by atoms with Crippen molar-refractivity contribution in [1.29, 1.82) is 0 Å². The molecule has 0 bridgehead atoms. The summed E-state index contributed by atoms with van der Waals surface area (Å²) >= 11 is 1.41. The van der Waals surface area contributed by atoms with E-state index in [1.807, 2.05) is 5.38 Å². The highest BCUT2D eigenvalue weighted by Gasteiger charge is 2.09. The molecule has 6 nitrogen and oxygen atoms in total. The quantitative estimate of drug-likeness (QED) is 0.444. The zero-order valence-corrected chi connectivity index (χ0v) is 16.4. The van der Waals surface area contributed by atoms with Crippen LogP contribution in [0.15, 0.2) is 64.0 Å². The Hall–Kier alpha value is -3.04. The van der Waals surface area contributed by atoms with E-state index in [4.69, 9.17) is 4.74 Å². The molecule has 0 unspecified atom stereocenters. The molecule has 0 fully saturated rings. The van der Waals surface area contributed by atoms with Crippen LogP contribution in [0.3, 0.4) is 0 Å². The van der Waals surface area contributed by atoms with E-state index < -0.39 is 6.61 Å². The lowest BCUT2D eigenvalue weighted by Gasteiger charge is -2.07. The number of hydrogen-bond acceptors (Lipinski definition) is 6. The summed E-state index contributed by atoms with van der Waals surface area (Å²) in [5, 5.41) is 15.8. The summed E-state index contributed by atoms with van der Waals surface area (Å²) in [4.78, 5) is 5.17. The van der Waals surface area contributed by atoms with E-state index in [1.165, 1.54) is 23.5 Å². The van der Waals surface area contributed by atoms with Crippen molar-refractivity contribution in [3.8, 4) is 22.8 Å². The summed E-state index contributed by atoms with van der Waals surface area (Å²) in [7, 11) is 1.61. The van der Waals surface area contributed by atoms with Gasteiger partial charge in [0.05, 0.1) is 25.1 Å². The maximum absolute atomic E-state index is 12.4. The van der Waals surface area contributed by atoms with E-state index in [2.05, 4.69) is 14.8 Å². The second-order valence-corrected chi connectivity index (χ2v) is 6.67. The molecule has 0 atom stereocenters. The Kier molecular flexibility index (Phi) is 7.09. The van der Waals surface area contributed by atoms with Gasteiger partial charge >= 0.3 is 6.61 Å². The molecule has 0 radical (unpaired) electrons. The highest BCUT2D eigenvalue weighted by molar-refractivity contribution is 7.07. The van der Waals surface area contributed by atoms with Crippen molar-refractivity contribution >= 4 is 17.6 Å². The molecule has 152 valence electrons.